The summed E-state index contributed by atoms with van der Waals surface area (Å²) < 4.78 is 12.6. The van der Waals surface area contributed by atoms with Gasteiger partial charge in [-0.05, 0) is 64.0 Å². The van der Waals surface area contributed by atoms with E-state index in [4.69, 9.17) is 23.8 Å². The van der Waals surface area contributed by atoms with Crippen molar-refractivity contribution >= 4 is 65.4 Å². The van der Waals surface area contributed by atoms with Crippen LogP contribution in [0.5, 0.6) is 0 Å². The number of nitrogens with zero attached hydrogens (tertiary/aromatic N) is 3. The molecule has 0 spiro atoms. The highest BCUT2D eigenvalue weighted by Crippen LogP contribution is 2.37. The molecule has 0 saturated carbocycles. The first-order valence-electron chi connectivity index (χ1n) is 15.3. The molecule has 0 aliphatic rings. The lowest BCUT2D eigenvalue weighted by atomic mass is 10.0. The second-order valence-electron chi connectivity index (χ2n) is 11.7. The van der Waals surface area contributed by atoms with Crippen molar-refractivity contribution in [2.75, 3.05) is 0 Å². The molecule has 0 saturated heterocycles. The number of hydrogen-bond acceptors (Lipinski definition) is 5. The minimum atomic E-state index is 0.587. The molecule has 0 fully saturated rings. The average Bonchev–Trinajstić information content (AvgIpc) is 3.68. The normalized spacial score (nSPS) is 11.9. The topological polar surface area (TPSA) is 65.0 Å². The van der Waals surface area contributed by atoms with Crippen LogP contribution in [0.4, 0.5) is 0 Å². The number of aromatic nitrogens is 3. The van der Waals surface area contributed by atoms with E-state index in [-0.39, 0.29) is 0 Å². The van der Waals surface area contributed by atoms with Crippen LogP contribution in [0.25, 0.3) is 99.6 Å². The summed E-state index contributed by atoms with van der Waals surface area (Å²) >= 11 is 0. The molecule has 214 valence electrons. The monoisotopic (exact) mass is 589 g/mol. The summed E-state index contributed by atoms with van der Waals surface area (Å²) in [5.74, 6) is 1.80. The van der Waals surface area contributed by atoms with E-state index in [0.717, 1.165) is 76.7 Å². The maximum atomic E-state index is 6.39. The van der Waals surface area contributed by atoms with E-state index in [1.165, 1.54) is 5.39 Å². The summed E-state index contributed by atoms with van der Waals surface area (Å²) in [4.78, 5) is 15.0. The van der Waals surface area contributed by atoms with Gasteiger partial charge in [0.25, 0.3) is 0 Å². The summed E-state index contributed by atoms with van der Waals surface area (Å²) in [5, 5.41) is 8.91. The van der Waals surface area contributed by atoms with Crippen LogP contribution in [0, 0.1) is 0 Å². The predicted octanol–water partition coefficient (Wildman–Crippen LogP) is 11.0. The van der Waals surface area contributed by atoms with E-state index in [9.17, 15) is 0 Å². The molecular formula is C41H23N3O2. The number of benzene rings is 7. The molecule has 5 heteroatoms. The van der Waals surface area contributed by atoms with Crippen molar-refractivity contribution < 1.29 is 8.83 Å². The Bertz CT molecular complexity index is 2810. The van der Waals surface area contributed by atoms with Gasteiger partial charge in [0.2, 0.25) is 0 Å². The Hall–Kier alpha value is -6.33. The molecule has 3 aromatic heterocycles. The molecule has 0 radical (unpaired) electrons. The Balaban J connectivity index is 1.18. The molecule has 0 N–H and O–H groups in total. The summed E-state index contributed by atoms with van der Waals surface area (Å²) in [7, 11) is 0. The molecular weight excluding hydrogens is 566 g/mol. The summed E-state index contributed by atoms with van der Waals surface area (Å²) in [6, 6.07) is 47.6. The van der Waals surface area contributed by atoms with Crippen LogP contribution in [0.2, 0.25) is 0 Å². The molecule has 0 bridgehead atoms. The standard InChI is InChI=1S/C41H23N3O2/c1-2-8-25(9-3-1)39-42-40(28-15-14-24-17-19-35-38(32(24)21-28)31-12-6-7-13-34(31)45-35)44-41(43-39)29-16-18-30-33-20-26-10-4-5-11-27(26)22-37(33)46-36(30)23-29/h1-23H. The van der Waals surface area contributed by atoms with Gasteiger partial charge in [0.15, 0.2) is 17.5 Å². The third-order valence-electron chi connectivity index (χ3n) is 8.88. The highest BCUT2D eigenvalue weighted by molar-refractivity contribution is 6.19. The van der Waals surface area contributed by atoms with E-state index < -0.39 is 0 Å². The minimum Gasteiger partial charge on any atom is -0.456 e. The second kappa shape index (κ2) is 9.58. The lowest BCUT2D eigenvalue weighted by Crippen LogP contribution is -2.00. The van der Waals surface area contributed by atoms with Gasteiger partial charge in [0.05, 0.1) is 0 Å². The van der Waals surface area contributed by atoms with Gasteiger partial charge in [0.1, 0.15) is 22.3 Å². The molecule has 7 aromatic carbocycles. The van der Waals surface area contributed by atoms with E-state index >= 15 is 0 Å². The smallest absolute Gasteiger partial charge is 0.164 e. The fraction of sp³-hybridized carbons (Fsp3) is 0. The van der Waals surface area contributed by atoms with E-state index in [2.05, 4.69) is 72.8 Å². The largest absolute Gasteiger partial charge is 0.456 e. The first-order chi connectivity index (χ1) is 22.7. The third kappa shape index (κ3) is 3.85. The van der Waals surface area contributed by atoms with Crippen LogP contribution in [-0.4, -0.2) is 15.0 Å². The molecule has 0 aliphatic carbocycles. The first-order valence-corrected chi connectivity index (χ1v) is 15.3. The lowest BCUT2D eigenvalue weighted by molar-refractivity contribution is 0.669. The summed E-state index contributed by atoms with van der Waals surface area (Å²) in [6.45, 7) is 0. The number of hydrogen-bond donors (Lipinski definition) is 0. The Labute approximate surface area is 262 Å². The van der Waals surface area contributed by atoms with Crippen molar-refractivity contribution in [2.45, 2.75) is 0 Å². The molecule has 10 aromatic rings. The number of para-hydroxylation sites is 1. The zero-order valence-corrected chi connectivity index (χ0v) is 24.4. The van der Waals surface area contributed by atoms with Crippen LogP contribution in [-0.2, 0) is 0 Å². The zero-order valence-electron chi connectivity index (χ0n) is 24.4. The van der Waals surface area contributed by atoms with Gasteiger partial charge in [-0.3, -0.25) is 0 Å². The maximum absolute atomic E-state index is 6.39. The number of rotatable bonds is 3. The van der Waals surface area contributed by atoms with Gasteiger partial charge >= 0.3 is 0 Å². The van der Waals surface area contributed by atoms with Gasteiger partial charge in [-0.2, -0.15) is 0 Å². The fourth-order valence-electron chi connectivity index (χ4n) is 6.63. The zero-order chi connectivity index (χ0) is 30.2. The Morgan fingerprint density at radius 2 is 0.957 bits per heavy atom. The Morgan fingerprint density at radius 1 is 0.326 bits per heavy atom. The van der Waals surface area contributed by atoms with Gasteiger partial charge in [0, 0.05) is 38.2 Å². The van der Waals surface area contributed by atoms with Crippen molar-refractivity contribution in [3.63, 3.8) is 0 Å². The molecule has 0 amide bonds. The van der Waals surface area contributed by atoms with Crippen molar-refractivity contribution in [1.82, 2.24) is 15.0 Å². The van der Waals surface area contributed by atoms with Crippen LogP contribution < -0.4 is 0 Å². The lowest BCUT2D eigenvalue weighted by Gasteiger charge is -2.09. The SMILES string of the molecule is c1ccc(-c2nc(-c3ccc4c(c3)oc3cc5ccccc5cc34)nc(-c3ccc4ccc5oc6ccccc6c5c4c3)n2)cc1. The van der Waals surface area contributed by atoms with Crippen molar-refractivity contribution in [1.29, 1.82) is 0 Å². The van der Waals surface area contributed by atoms with E-state index in [0.29, 0.717) is 17.5 Å². The second-order valence-corrected chi connectivity index (χ2v) is 11.7. The summed E-state index contributed by atoms with van der Waals surface area (Å²) in [5.41, 5.74) is 6.08. The maximum Gasteiger partial charge on any atom is 0.164 e. The minimum absolute atomic E-state index is 0.587. The van der Waals surface area contributed by atoms with Gasteiger partial charge < -0.3 is 8.83 Å². The van der Waals surface area contributed by atoms with E-state index in [1.54, 1.807) is 0 Å². The molecule has 0 atom stereocenters. The van der Waals surface area contributed by atoms with E-state index in [1.807, 2.05) is 66.7 Å². The average molecular weight is 590 g/mol. The Kier molecular flexibility index (Phi) is 5.22. The fourth-order valence-corrected chi connectivity index (χ4v) is 6.63. The van der Waals surface area contributed by atoms with Crippen molar-refractivity contribution in [2.24, 2.45) is 0 Å². The van der Waals surface area contributed by atoms with Gasteiger partial charge in [-0.25, -0.2) is 15.0 Å². The van der Waals surface area contributed by atoms with Crippen LogP contribution >= 0.6 is 0 Å². The highest BCUT2D eigenvalue weighted by Gasteiger charge is 2.17. The molecule has 10 rings (SSSR count). The molecule has 5 nitrogen and oxygen atoms in total. The van der Waals surface area contributed by atoms with Crippen LogP contribution in [0.3, 0.4) is 0 Å². The van der Waals surface area contributed by atoms with Crippen molar-refractivity contribution in [3.8, 4) is 34.2 Å². The molecule has 46 heavy (non-hydrogen) atoms. The summed E-state index contributed by atoms with van der Waals surface area (Å²) in [6.07, 6.45) is 0. The quantitative estimate of drug-likeness (QED) is 0.205. The first kappa shape index (κ1) is 25.0. The van der Waals surface area contributed by atoms with Crippen LogP contribution in [0.1, 0.15) is 0 Å². The predicted molar refractivity (Wildman–Crippen MR) is 186 cm³/mol. The van der Waals surface area contributed by atoms with Gasteiger partial charge in [-0.1, -0.05) is 97.1 Å². The molecule has 0 unspecified atom stereocenters. The van der Waals surface area contributed by atoms with Gasteiger partial charge in [-0.15, -0.1) is 0 Å². The molecule has 0 aliphatic heterocycles. The van der Waals surface area contributed by atoms with Crippen molar-refractivity contribution in [3.05, 3.63) is 140 Å². The van der Waals surface area contributed by atoms with Crippen LogP contribution in [0.15, 0.2) is 148 Å². The number of fused-ring (bicyclic) bond motifs is 9. The number of furan rings is 2. The highest BCUT2D eigenvalue weighted by atomic mass is 16.3. The third-order valence-corrected chi connectivity index (χ3v) is 8.88. The Morgan fingerprint density at radius 3 is 1.80 bits per heavy atom. The molecule has 3 heterocycles.